The normalized spacial score (nSPS) is 14.6. The number of rotatable bonds is 6. The zero-order chi connectivity index (χ0) is 18.6. The van der Waals surface area contributed by atoms with Crippen LogP contribution in [0.25, 0.3) is 11.0 Å². The fourth-order valence-electron chi connectivity index (χ4n) is 2.96. The van der Waals surface area contributed by atoms with Crippen molar-refractivity contribution in [2.45, 2.75) is 11.7 Å². The van der Waals surface area contributed by atoms with Crippen LogP contribution in [0.1, 0.15) is 9.67 Å². The molecule has 1 aliphatic rings. The van der Waals surface area contributed by atoms with E-state index >= 15 is 0 Å². The number of ether oxygens (including phenoxy) is 1. The van der Waals surface area contributed by atoms with Gasteiger partial charge in [-0.1, -0.05) is 17.8 Å². The molecule has 4 heterocycles. The maximum absolute atomic E-state index is 12.1. The number of thioether (sulfide) groups is 1. The summed E-state index contributed by atoms with van der Waals surface area (Å²) in [6.45, 7) is 4.04. The Kier molecular flexibility index (Phi) is 5.55. The maximum Gasteiger partial charge on any atom is 0.261 e. The first-order valence-corrected chi connectivity index (χ1v) is 10.8. The first-order chi connectivity index (χ1) is 13.3. The molecule has 0 radical (unpaired) electrons. The number of anilines is 1. The number of amides is 1. The highest BCUT2D eigenvalue weighted by Crippen LogP contribution is 2.27. The van der Waals surface area contributed by atoms with Crippen LogP contribution in [0.2, 0.25) is 0 Å². The Morgan fingerprint density at radius 3 is 2.96 bits per heavy atom. The van der Waals surface area contributed by atoms with Crippen molar-refractivity contribution in [3.63, 3.8) is 0 Å². The summed E-state index contributed by atoms with van der Waals surface area (Å²) in [5.41, 5.74) is 0.793. The smallest absolute Gasteiger partial charge is 0.261 e. The van der Waals surface area contributed by atoms with Crippen LogP contribution in [0.5, 0.6) is 0 Å². The van der Waals surface area contributed by atoms with Crippen LogP contribution in [0.15, 0.2) is 28.9 Å². The number of morpholine rings is 1. The van der Waals surface area contributed by atoms with Crippen molar-refractivity contribution in [1.29, 1.82) is 0 Å². The maximum atomic E-state index is 12.1. The Balaban J connectivity index is 1.54. The predicted molar refractivity (Wildman–Crippen MR) is 107 cm³/mol. The zero-order valence-corrected chi connectivity index (χ0v) is 16.6. The highest BCUT2D eigenvalue weighted by atomic mass is 32.2. The van der Waals surface area contributed by atoms with Crippen LogP contribution in [0.3, 0.4) is 0 Å². The molecular formula is C17H20N6O2S2. The second-order valence-electron chi connectivity index (χ2n) is 5.97. The molecule has 1 N–H and O–H groups in total. The van der Waals surface area contributed by atoms with Crippen LogP contribution in [0.4, 0.5) is 5.82 Å². The zero-order valence-electron chi connectivity index (χ0n) is 14.9. The molecule has 3 aromatic rings. The van der Waals surface area contributed by atoms with Gasteiger partial charge in [-0.3, -0.25) is 4.79 Å². The molecule has 10 heteroatoms. The fourth-order valence-corrected chi connectivity index (χ4v) is 3.96. The molecule has 27 heavy (non-hydrogen) atoms. The summed E-state index contributed by atoms with van der Waals surface area (Å²) in [7, 11) is 0. The van der Waals surface area contributed by atoms with Gasteiger partial charge < -0.3 is 15.0 Å². The molecule has 1 amide bonds. The summed E-state index contributed by atoms with van der Waals surface area (Å²) in [6.07, 6.45) is 3.78. The predicted octanol–water partition coefficient (Wildman–Crippen LogP) is 1.88. The molecule has 8 nitrogen and oxygen atoms in total. The Morgan fingerprint density at radius 1 is 1.37 bits per heavy atom. The van der Waals surface area contributed by atoms with Crippen molar-refractivity contribution in [1.82, 2.24) is 25.1 Å². The molecule has 0 aliphatic carbocycles. The monoisotopic (exact) mass is 404 g/mol. The van der Waals surface area contributed by atoms with Crippen molar-refractivity contribution < 1.29 is 9.53 Å². The first kappa shape index (κ1) is 18.2. The van der Waals surface area contributed by atoms with Gasteiger partial charge in [-0.05, 0) is 17.7 Å². The van der Waals surface area contributed by atoms with Gasteiger partial charge in [-0.2, -0.15) is 5.10 Å². The lowest BCUT2D eigenvalue weighted by molar-refractivity contribution is 0.0956. The average molecular weight is 405 g/mol. The number of fused-ring (bicyclic) bond motifs is 1. The van der Waals surface area contributed by atoms with Gasteiger partial charge in [-0.15, -0.1) is 11.3 Å². The molecule has 1 saturated heterocycles. The Labute approximate surface area is 164 Å². The highest BCUT2D eigenvalue weighted by Gasteiger charge is 2.20. The van der Waals surface area contributed by atoms with Crippen molar-refractivity contribution in [3.8, 4) is 0 Å². The number of nitrogens with zero attached hydrogens (tertiary/aromatic N) is 5. The van der Waals surface area contributed by atoms with Crippen LogP contribution < -0.4 is 10.2 Å². The average Bonchev–Trinajstić information content (AvgIpc) is 3.38. The van der Waals surface area contributed by atoms with Gasteiger partial charge in [0, 0.05) is 19.6 Å². The molecular weight excluding hydrogens is 384 g/mol. The van der Waals surface area contributed by atoms with E-state index in [9.17, 15) is 4.79 Å². The number of thiophene rings is 1. The number of carbonyl (C=O) groups is 1. The van der Waals surface area contributed by atoms with Gasteiger partial charge in [0.1, 0.15) is 5.82 Å². The Hall–Kier alpha value is -2.17. The van der Waals surface area contributed by atoms with Crippen LogP contribution in [-0.4, -0.2) is 64.8 Å². The van der Waals surface area contributed by atoms with Crippen molar-refractivity contribution in [2.24, 2.45) is 0 Å². The standard InChI is InChI=1S/C17H20N6O2S2/c1-26-17-20-14(22-6-8-25-9-7-22)12-11-19-23(15(12)21-17)5-4-18-16(24)13-3-2-10-27-13/h2-3,10-11H,4-9H2,1H3,(H,18,24). The molecule has 1 aliphatic heterocycles. The molecule has 142 valence electrons. The van der Waals surface area contributed by atoms with Crippen molar-refractivity contribution in [3.05, 3.63) is 28.6 Å². The van der Waals surface area contributed by atoms with Crippen LogP contribution >= 0.6 is 23.1 Å². The van der Waals surface area contributed by atoms with E-state index in [1.807, 2.05) is 34.6 Å². The molecule has 1 fully saturated rings. The Morgan fingerprint density at radius 2 is 2.22 bits per heavy atom. The van der Waals surface area contributed by atoms with Crippen molar-refractivity contribution in [2.75, 3.05) is 44.0 Å². The van der Waals surface area contributed by atoms with Crippen molar-refractivity contribution >= 4 is 45.9 Å². The molecule has 3 aromatic heterocycles. The van der Waals surface area contributed by atoms with Gasteiger partial charge >= 0.3 is 0 Å². The lowest BCUT2D eigenvalue weighted by Crippen LogP contribution is -2.37. The topological polar surface area (TPSA) is 85.2 Å². The molecule has 4 rings (SSSR count). The Bertz CT molecular complexity index is 921. The SMILES string of the molecule is CSc1nc(N2CCOCC2)c2cnn(CCNC(=O)c3cccs3)c2n1. The first-order valence-electron chi connectivity index (χ1n) is 8.68. The van der Waals surface area contributed by atoms with Gasteiger partial charge in [-0.25, -0.2) is 14.6 Å². The molecule has 0 atom stereocenters. The van der Waals surface area contributed by atoms with E-state index in [4.69, 9.17) is 9.72 Å². The highest BCUT2D eigenvalue weighted by molar-refractivity contribution is 7.98. The third-order valence-corrected chi connectivity index (χ3v) is 5.72. The second kappa shape index (κ2) is 8.24. The number of hydrogen-bond donors (Lipinski definition) is 1. The number of nitrogens with one attached hydrogen (secondary N) is 1. The van der Waals surface area contributed by atoms with E-state index in [-0.39, 0.29) is 5.91 Å². The third-order valence-electron chi connectivity index (χ3n) is 4.30. The quantitative estimate of drug-likeness (QED) is 0.496. The summed E-state index contributed by atoms with van der Waals surface area (Å²) in [4.78, 5) is 24.4. The van der Waals surface area contributed by atoms with Gasteiger partial charge in [0.2, 0.25) is 0 Å². The molecule has 0 aromatic carbocycles. The van der Waals surface area contributed by atoms with Gasteiger partial charge in [0.25, 0.3) is 5.91 Å². The van der Waals surface area contributed by atoms with E-state index in [0.717, 1.165) is 29.9 Å². The largest absolute Gasteiger partial charge is 0.378 e. The summed E-state index contributed by atoms with van der Waals surface area (Å²) >= 11 is 2.94. The van der Waals surface area contributed by atoms with Gasteiger partial charge in [0.05, 0.1) is 36.2 Å². The molecule has 0 unspecified atom stereocenters. The third kappa shape index (κ3) is 3.92. The van der Waals surface area contributed by atoms with E-state index < -0.39 is 0 Å². The van der Waals surface area contributed by atoms with E-state index in [2.05, 4.69) is 20.3 Å². The summed E-state index contributed by atoms with van der Waals surface area (Å²) < 4.78 is 7.28. The second-order valence-corrected chi connectivity index (χ2v) is 7.69. The van der Waals surface area contributed by atoms with E-state index in [1.54, 1.807) is 0 Å². The minimum Gasteiger partial charge on any atom is -0.378 e. The number of aromatic nitrogens is 4. The number of hydrogen-bond acceptors (Lipinski definition) is 8. The van der Waals surface area contributed by atoms with Gasteiger partial charge in [0.15, 0.2) is 10.8 Å². The molecule has 0 bridgehead atoms. The fraction of sp³-hybridized carbons (Fsp3) is 0.412. The van der Waals surface area contributed by atoms with Crippen LogP contribution in [-0.2, 0) is 11.3 Å². The van der Waals surface area contributed by atoms with E-state index in [1.165, 1.54) is 23.1 Å². The van der Waals surface area contributed by atoms with Crippen LogP contribution in [0, 0.1) is 0 Å². The lowest BCUT2D eigenvalue weighted by Gasteiger charge is -2.28. The van der Waals surface area contributed by atoms with E-state index in [0.29, 0.717) is 36.3 Å². The molecule has 0 spiro atoms. The lowest BCUT2D eigenvalue weighted by atomic mass is 10.3. The minimum atomic E-state index is -0.0603. The summed E-state index contributed by atoms with van der Waals surface area (Å²) in [5, 5.41) is 11.0. The summed E-state index contributed by atoms with van der Waals surface area (Å²) in [5.74, 6) is 0.844. The minimum absolute atomic E-state index is 0.0603. The molecule has 0 saturated carbocycles. The number of carbonyl (C=O) groups excluding carboxylic acids is 1. The summed E-state index contributed by atoms with van der Waals surface area (Å²) in [6, 6.07) is 3.69.